The number of aryl methyl sites for hydroxylation is 2. The number of urea groups is 1. The highest BCUT2D eigenvalue weighted by Gasteiger charge is 2.15. The normalized spacial score (nSPS) is 11.8. The van der Waals surface area contributed by atoms with Gasteiger partial charge in [-0.15, -0.1) is 11.3 Å². The number of ether oxygens (including phenoxy) is 2. The number of carbonyl (C=O) groups is 1. The van der Waals surface area contributed by atoms with E-state index in [2.05, 4.69) is 15.6 Å². The number of amides is 2. The summed E-state index contributed by atoms with van der Waals surface area (Å²) in [6.45, 7) is 9.53. The molecule has 0 aliphatic rings. The molecule has 0 aliphatic carbocycles. The zero-order valence-electron chi connectivity index (χ0n) is 15.1. The monoisotopic (exact) mass is 363 g/mol. The van der Waals surface area contributed by atoms with Crippen molar-refractivity contribution in [3.63, 3.8) is 0 Å². The molecule has 0 bridgehead atoms. The Labute approximate surface area is 152 Å². The Morgan fingerprint density at radius 3 is 2.80 bits per heavy atom. The summed E-state index contributed by atoms with van der Waals surface area (Å²) >= 11 is 1.63. The first-order valence-electron chi connectivity index (χ1n) is 8.31. The van der Waals surface area contributed by atoms with Gasteiger partial charge in [0.1, 0.15) is 12.4 Å². The number of rotatable bonds is 8. The van der Waals surface area contributed by atoms with Gasteiger partial charge in [-0.05, 0) is 39.8 Å². The van der Waals surface area contributed by atoms with Crippen molar-refractivity contribution in [2.24, 2.45) is 0 Å². The average molecular weight is 363 g/mol. The van der Waals surface area contributed by atoms with Gasteiger partial charge in [0.2, 0.25) is 0 Å². The van der Waals surface area contributed by atoms with Crippen molar-refractivity contribution < 1.29 is 14.3 Å². The van der Waals surface area contributed by atoms with Crippen LogP contribution in [0.3, 0.4) is 0 Å². The Morgan fingerprint density at radius 1 is 1.32 bits per heavy atom. The number of nitrogens with zero attached hydrogens (tertiary/aromatic N) is 1. The smallest absolute Gasteiger partial charge is 0.319 e. The van der Waals surface area contributed by atoms with Crippen LogP contribution in [0, 0.1) is 13.8 Å². The van der Waals surface area contributed by atoms with E-state index in [-0.39, 0.29) is 12.1 Å². The highest BCUT2D eigenvalue weighted by Crippen LogP contribution is 2.23. The van der Waals surface area contributed by atoms with Crippen LogP contribution < -0.4 is 15.4 Å². The average Bonchev–Trinajstić information content (AvgIpc) is 2.90. The Kier molecular flexibility index (Phi) is 7.21. The van der Waals surface area contributed by atoms with Crippen LogP contribution in [0.2, 0.25) is 0 Å². The second kappa shape index (κ2) is 9.39. The molecule has 7 heteroatoms. The molecular formula is C18H25N3O3S. The molecule has 0 saturated carbocycles. The lowest BCUT2D eigenvalue weighted by molar-refractivity contribution is 0.110. The molecule has 2 amide bonds. The quantitative estimate of drug-likeness (QED) is 0.694. The van der Waals surface area contributed by atoms with E-state index >= 15 is 0 Å². The van der Waals surface area contributed by atoms with Crippen molar-refractivity contribution in [2.45, 2.75) is 33.7 Å². The van der Waals surface area contributed by atoms with E-state index in [0.717, 1.165) is 15.6 Å². The lowest BCUT2D eigenvalue weighted by atomic mass is 10.2. The molecule has 2 rings (SSSR count). The lowest BCUT2D eigenvalue weighted by Crippen LogP contribution is -2.31. The molecular weight excluding hydrogens is 338 g/mol. The van der Waals surface area contributed by atoms with E-state index in [9.17, 15) is 4.79 Å². The fourth-order valence-electron chi connectivity index (χ4n) is 2.41. The number of anilines is 1. The molecule has 25 heavy (non-hydrogen) atoms. The number of hydrogen-bond donors (Lipinski definition) is 2. The van der Waals surface area contributed by atoms with Crippen molar-refractivity contribution in [2.75, 3.05) is 25.1 Å². The zero-order valence-corrected chi connectivity index (χ0v) is 15.9. The fourth-order valence-corrected chi connectivity index (χ4v) is 3.32. The van der Waals surface area contributed by atoms with Gasteiger partial charge in [-0.2, -0.15) is 0 Å². The number of nitrogens with one attached hydrogen (secondary N) is 2. The van der Waals surface area contributed by atoms with Crippen LogP contribution in [0.5, 0.6) is 5.75 Å². The molecule has 1 aromatic carbocycles. The molecule has 0 radical (unpaired) electrons. The van der Waals surface area contributed by atoms with Crippen molar-refractivity contribution in [1.82, 2.24) is 10.3 Å². The fraction of sp³-hybridized carbons (Fsp3) is 0.444. The van der Waals surface area contributed by atoms with E-state index in [4.69, 9.17) is 9.47 Å². The number of hydrogen-bond acceptors (Lipinski definition) is 5. The maximum atomic E-state index is 12.2. The van der Waals surface area contributed by atoms with Gasteiger partial charge in [0.15, 0.2) is 0 Å². The molecule has 136 valence electrons. The van der Waals surface area contributed by atoms with Gasteiger partial charge in [-0.1, -0.05) is 6.07 Å². The van der Waals surface area contributed by atoms with E-state index in [1.807, 2.05) is 45.9 Å². The minimum absolute atomic E-state index is 0.157. The van der Waals surface area contributed by atoms with Crippen LogP contribution in [0.4, 0.5) is 10.5 Å². The van der Waals surface area contributed by atoms with E-state index in [1.165, 1.54) is 0 Å². The number of carbonyl (C=O) groups excluding carboxylic acids is 1. The van der Waals surface area contributed by atoms with Gasteiger partial charge in [0.25, 0.3) is 0 Å². The number of benzene rings is 1. The SMILES string of the molecule is CCOCCOc1cccc(NC(=O)N[C@H](C)c2nc(C)sc2C)c1. The predicted octanol–water partition coefficient (Wildman–Crippen LogP) is 4.06. The topological polar surface area (TPSA) is 72.5 Å². The van der Waals surface area contributed by atoms with Crippen LogP contribution in [0.1, 0.15) is 35.5 Å². The molecule has 0 fully saturated rings. The maximum absolute atomic E-state index is 12.2. The molecule has 1 heterocycles. The summed E-state index contributed by atoms with van der Waals surface area (Å²) < 4.78 is 10.8. The molecule has 1 aromatic heterocycles. The van der Waals surface area contributed by atoms with E-state index < -0.39 is 0 Å². The number of aromatic nitrogens is 1. The summed E-state index contributed by atoms with van der Waals surface area (Å²) in [5.41, 5.74) is 1.58. The minimum Gasteiger partial charge on any atom is -0.491 e. The second-order valence-corrected chi connectivity index (χ2v) is 6.97. The van der Waals surface area contributed by atoms with Gasteiger partial charge in [0.05, 0.1) is 23.4 Å². The first kappa shape index (κ1) is 19.2. The van der Waals surface area contributed by atoms with E-state index in [0.29, 0.717) is 31.3 Å². The molecule has 0 spiro atoms. The highest BCUT2D eigenvalue weighted by atomic mass is 32.1. The highest BCUT2D eigenvalue weighted by molar-refractivity contribution is 7.11. The summed E-state index contributed by atoms with van der Waals surface area (Å²) in [5, 5.41) is 6.74. The van der Waals surface area contributed by atoms with Gasteiger partial charge in [-0.3, -0.25) is 0 Å². The summed E-state index contributed by atoms with van der Waals surface area (Å²) in [6, 6.07) is 6.86. The Bertz CT molecular complexity index is 703. The predicted molar refractivity (Wildman–Crippen MR) is 101 cm³/mol. The largest absolute Gasteiger partial charge is 0.491 e. The summed E-state index contributed by atoms with van der Waals surface area (Å²) in [6.07, 6.45) is 0. The van der Waals surface area contributed by atoms with Crippen molar-refractivity contribution in [1.29, 1.82) is 0 Å². The molecule has 1 atom stereocenters. The molecule has 2 N–H and O–H groups in total. The summed E-state index contributed by atoms with van der Waals surface area (Å²) in [5.74, 6) is 0.691. The van der Waals surface area contributed by atoms with Gasteiger partial charge in [0, 0.05) is 23.2 Å². The summed E-state index contributed by atoms with van der Waals surface area (Å²) in [4.78, 5) is 17.8. The molecule has 0 aliphatic heterocycles. The van der Waals surface area contributed by atoms with Gasteiger partial charge in [-0.25, -0.2) is 9.78 Å². The molecule has 0 saturated heterocycles. The standard InChI is InChI=1S/C18H25N3O3S/c1-5-23-9-10-24-16-8-6-7-15(11-16)21-18(22)19-12(2)17-13(3)25-14(4)20-17/h6-8,11-12H,5,9-10H2,1-4H3,(H2,19,21,22)/t12-/m1/s1. The van der Waals surface area contributed by atoms with Crippen LogP contribution in [0.15, 0.2) is 24.3 Å². The van der Waals surface area contributed by atoms with Crippen LogP contribution >= 0.6 is 11.3 Å². The van der Waals surface area contributed by atoms with Crippen molar-refractivity contribution in [3.8, 4) is 5.75 Å². The van der Waals surface area contributed by atoms with Gasteiger partial charge < -0.3 is 20.1 Å². The Hall–Kier alpha value is -2.12. The second-order valence-electron chi connectivity index (χ2n) is 5.57. The van der Waals surface area contributed by atoms with Crippen LogP contribution in [0.25, 0.3) is 0 Å². The molecule has 2 aromatic rings. The van der Waals surface area contributed by atoms with Crippen LogP contribution in [-0.4, -0.2) is 30.8 Å². The Morgan fingerprint density at radius 2 is 2.12 bits per heavy atom. The first-order chi connectivity index (χ1) is 12.0. The van der Waals surface area contributed by atoms with Crippen LogP contribution in [-0.2, 0) is 4.74 Å². The lowest BCUT2D eigenvalue weighted by Gasteiger charge is -2.14. The molecule has 6 nitrogen and oxygen atoms in total. The third-order valence-corrected chi connectivity index (χ3v) is 4.39. The zero-order chi connectivity index (χ0) is 18.2. The van der Waals surface area contributed by atoms with E-state index in [1.54, 1.807) is 17.4 Å². The summed E-state index contributed by atoms with van der Waals surface area (Å²) in [7, 11) is 0. The Balaban J connectivity index is 1.88. The third kappa shape index (κ3) is 6.03. The molecule has 0 unspecified atom stereocenters. The number of thiazole rings is 1. The first-order valence-corrected chi connectivity index (χ1v) is 9.13. The van der Waals surface area contributed by atoms with Crippen molar-refractivity contribution in [3.05, 3.63) is 39.8 Å². The minimum atomic E-state index is -0.274. The maximum Gasteiger partial charge on any atom is 0.319 e. The van der Waals surface area contributed by atoms with Crippen molar-refractivity contribution >= 4 is 23.1 Å². The van der Waals surface area contributed by atoms with Gasteiger partial charge >= 0.3 is 6.03 Å². The third-order valence-electron chi connectivity index (χ3n) is 3.49.